The van der Waals surface area contributed by atoms with E-state index in [-0.39, 0.29) is 5.75 Å². The number of phenols is 1. The summed E-state index contributed by atoms with van der Waals surface area (Å²) in [7, 11) is 1.68. The summed E-state index contributed by atoms with van der Waals surface area (Å²) in [5.41, 5.74) is 4.45. The number of nitrogens with zero attached hydrogens (tertiary/aromatic N) is 1. The number of benzene rings is 3. The van der Waals surface area contributed by atoms with Crippen LogP contribution in [0.15, 0.2) is 72.9 Å². The van der Waals surface area contributed by atoms with Crippen molar-refractivity contribution >= 4 is 10.9 Å². The first-order valence-corrected chi connectivity index (χ1v) is 10.4. The summed E-state index contributed by atoms with van der Waals surface area (Å²) in [6.07, 6.45) is 4.73. The first-order valence-electron chi connectivity index (χ1n) is 10.4. The molecule has 4 aromatic rings. The number of aromatic nitrogens is 1. The molecule has 1 aromatic heterocycles. The van der Waals surface area contributed by atoms with E-state index in [0.29, 0.717) is 0 Å². The van der Waals surface area contributed by atoms with Crippen LogP contribution in [-0.4, -0.2) is 23.4 Å². The van der Waals surface area contributed by atoms with Gasteiger partial charge in [-0.1, -0.05) is 24.3 Å². The Morgan fingerprint density at radius 1 is 0.967 bits per heavy atom. The molecule has 0 atom stereocenters. The highest BCUT2D eigenvalue weighted by Gasteiger charge is 2.21. The van der Waals surface area contributed by atoms with Gasteiger partial charge in [0.15, 0.2) is 0 Å². The van der Waals surface area contributed by atoms with Gasteiger partial charge >= 0.3 is 0 Å². The third-order valence-corrected chi connectivity index (χ3v) is 5.70. The van der Waals surface area contributed by atoms with Crippen LogP contribution in [0.25, 0.3) is 22.0 Å². The summed E-state index contributed by atoms with van der Waals surface area (Å²) in [4.78, 5) is 0. The maximum absolute atomic E-state index is 10.1. The summed E-state index contributed by atoms with van der Waals surface area (Å²) >= 11 is 0. The van der Waals surface area contributed by atoms with Crippen LogP contribution in [0.1, 0.15) is 18.4 Å². The minimum Gasteiger partial charge on any atom is -0.508 e. The van der Waals surface area contributed by atoms with E-state index >= 15 is 0 Å². The summed E-state index contributed by atoms with van der Waals surface area (Å²) < 4.78 is 13.5. The quantitative estimate of drug-likeness (QED) is 0.423. The Bertz CT molecular complexity index is 1170. The number of fused-ring (bicyclic) bond motifs is 1. The lowest BCUT2D eigenvalue weighted by atomic mass is 10.0. The minimum absolute atomic E-state index is 0.271. The van der Waals surface area contributed by atoms with Gasteiger partial charge in [0, 0.05) is 29.2 Å². The van der Waals surface area contributed by atoms with Gasteiger partial charge in [-0.15, -0.1) is 0 Å². The Hall–Kier alpha value is -3.40. The number of hydrogen-bond acceptors (Lipinski definition) is 3. The van der Waals surface area contributed by atoms with Crippen LogP contribution >= 0.6 is 0 Å². The van der Waals surface area contributed by atoms with E-state index in [1.165, 1.54) is 12.8 Å². The highest BCUT2D eigenvalue weighted by Crippen LogP contribution is 2.35. The molecule has 0 spiro atoms. The van der Waals surface area contributed by atoms with Crippen molar-refractivity contribution in [3.05, 3.63) is 78.5 Å². The van der Waals surface area contributed by atoms with Gasteiger partial charge in [0.2, 0.25) is 0 Å². The fourth-order valence-electron chi connectivity index (χ4n) is 3.84. The molecule has 5 rings (SSSR count). The van der Waals surface area contributed by atoms with Crippen molar-refractivity contribution in [3.63, 3.8) is 0 Å². The van der Waals surface area contributed by atoms with E-state index in [1.54, 1.807) is 13.2 Å². The van der Waals surface area contributed by atoms with Gasteiger partial charge in [0.05, 0.1) is 13.7 Å². The maximum atomic E-state index is 10.1. The van der Waals surface area contributed by atoms with Crippen molar-refractivity contribution < 1.29 is 14.6 Å². The fraction of sp³-hybridized carbons (Fsp3) is 0.231. The van der Waals surface area contributed by atoms with E-state index in [0.717, 1.165) is 58.2 Å². The van der Waals surface area contributed by atoms with Crippen molar-refractivity contribution in [3.8, 4) is 28.4 Å². The molecule has 152 valence electrons. The van der Waals surface area contributed by atoms with Crippen LogP contribution in [0.2, 0.25) is 0 Å². The fourth-order valence-corrected chi connectivity index (χ4v) is 3.84. The van der Waals surface area contributed by atoms with Crippen LogP contribution in [0, 0.1) is 5.92 Å². The molecule has 30 heavy (non-hydrogen) atoms. The number of hydrogen-bond donors (Lipinski definition) is 1. The molecule has 0 unspecified atom stereocenters. The van der Waals surface area contributed by atoms with Crippen LogP contribution in [-0.2, 0) is 6.54 Å². The Labute approximate surface area is 176 Å². The van der Waals surface area contributed by atoms with Gasteiger partial charge in [-0.3, -0.25) is 0 Å². The SMILES string of the molecule is COc1cccc(Cn2cc(-c3ccc(OCC4CC4)cc3)c3cc(O)ccc32)c1. The van der Waals surface area contributed by atoms with Gasteiger partial charge in [-0.05, 0) is 72.4 Å². The molecule has 3 aromatic carbocycles. The van der Waals surface area contributed by atoms with Crippen LogP contribution < -0.4 is 9.47 Å². The predicted octanol–water partition coefficient (Wildman–Crippen LogP) is 5.86. The molecular formula is C26H25NO3. The molecule has 1 saturated carbocycles. The average Bonchev–Trinajstić information content (AvgIpc) is 3.54. The molecule has 0 radical (unpaired) electrons. The third-order valence-electron chi connectivity index (χ3n) is 5.70. The largest absolute Gasteiger partial charge is 0.508 e. The second-order valence-electron chi connectivity index (χ2n) is 8.00. The van der Waals surface area contributed by atoms with E-state index in [1.807, 2.05) is 36.4 Å². The normalized spacial score (nSPS) is 13.5. The topological polar surface area (TPSA) is 43.6 Å². The molecule has 4 heteroatoms. The van der Waals surface area contributed by atoms with Crippen LogP contribution in [0.4, 0.5) is 0 Å². The zero-order valence-corrected chi connectivity index (χ0v) is 17.0. The maximum Gasteiger partial charge on any atom is 0.119 e. The van der Waals surface area contributed by atoms with Crippen LogP contribution in [0.3, 0.4) is 0 Å². The highest BCUT2D eigenvalue weighted by molar-refractivity contribution is 5.97. The molecule has 1 aliphatic carbocycles. The van der Waals surface area contributed by atoms with Gasteiger partial charge in [0.25, 0.3) is 0 Å². The molecule has 0 bridgehead atoms. The van der Waals surface area contributed by atoms with Crippen molar-refractivity contribution in [1.29, 1.82) is 0 Å². The number of ether oxygens (including phenoxy) is 2. The molecule has 1 N–H and O–H groups in total. The number of aromatic hydroxyl groups is 1. The van der Waals surface area contributed by atoms with Crippen molar-refractivity contribution in [2.24, 2.45) is 5.92 Å². The lowest BCUT2D eigenvalue weighted by Crippen LogP contribution is -1.98. The minimum atomic E-state index is 0.271. The molecule has 0 saturated heterocycles. The Kier molecular flexibility index (Phi) is 4.83. The standard InChI is InChI=1S/C26H25NO3/c1-29-23-4-2-3-19(13-23)15-27-16-25(24-14-21(28)9-12-26(24)27)20-7-10-22(11-8-20)30-17-18-5-6-18/h2-4,7-14,16,18,28H,5-6,15,17H2,1H3. The Balaban J connectivity index is 1.49. The second-order valence-corrected chi connectivity index (χ2v) is 8.00. The molecule has 0 amide bonds. The zero-order chi connectivity index (χ0) is 20.5. The second kappa shape index (κ2) is 7.79. The smallest absolute Gasteiger partial charge is 0.119 e. The lowest BCUT2D eigenvalue weighted by Gasteiger charge is -2.07. The third kappa shape index (κ3) is 3.86. The van der Waals surface area contributed by atoms with E-state index in [2.05, 4.69) is 35.0 Å². The molecular weight excluding hydrogens is 374 g/mol. The molecule has 4 nitrogen and oxygen atoms in total. The van der Waals surface area contributed by atoms with E-state index < -0.39 is 0 Å². The Morgan fingerprint density at radius 3 is 2.57 bits per heavy atom. The highest BCUT2D eigenvalue weighted by atomic mass is 16.5. The summed E-state index contributed by atoms with van der Waals surface area (Å²) in [6, 6.07) is 21.9. The molecule has 1 heterocycles. The van der Waals surface area contributed by atoms with E-state index in [4.69, 9.17) is 9.47 Å². The Morgan fingerprint density at radius 2 is 1.80 bits per heavy atom. The van der Waals surface area contributed by atoms with Crippen LogP contribution in [0.5, 0.6) is 17.2 Å². The van der Waals surface area contributed by atoms with Crippen molar-refractivity contribution in [2.75, 3.05) is 13.7 Å². The summed E-state index contributed by atoms with van der Waals surface area (Å²) in [6.45, 7) is 1.54. The monoisotopic (exact) mass is 399 g/mol. The van der Waals surface area contributed by atoms with E-state index in [9.17, 15) is 5.11 Å². The number of methoxy groups -OCH3 is 1. The first-order chi connectivity index (χ1) is 14.7. The van der Waals surface area contributed by atoms with Crippen molar-refractivity contribution in [2.45, 2.75) is 19.4 Å². The molecule has 1 fully saturated rings. The van der Waals surface area contributed by atoms with Gasteiger partial charge in [0.1, 0.15) is 17.2 Å². The van der Waals surface area contributed by atoms with Gasteiger partial charge in [-0.25, -0.2) is 0 Å². The molecule has 0 aliphatic heterocycles. The number of rotatable bonds is 7. The first kappa shape index (κ1) is 18.6. The predicted molar refractivity (Wildman–Crippen MR) is 119 cm³/mol. The lowest BCUT2D eigenvalue weighted by molar-refractivity contribution is 0.300. The van der Waals surface area contributed by atoms with Gasteiger partial charge in [-0.2, -0.15) is 0 Å². The average molecular weight is 399 g/mol. The summed E-state index contributed by atoms with van der Waals surface area (Å²) in [5, 5.41) is 11.1. The number of phenolic OH excluding ortho intramolecular Hbond substituents is 1. The van der Waals surface area contributed by atoms with Gasteiger partial charge < -0.3 is 19.1 Å². The zero-order valence-electron chi connectivity index (χ0n) is 17.0. The summed E-state index contributed by atoms with van der Waals surface area (Å²) in [5.74, 6) is 2.77. The van der Waals surface area contributed by atoms with Crippen molar-refractivity contribution in [1.82, 2.24) is 4.57 Å². The molecule has 1 aliphatic rings.